The van der Waals surface area contributed by atoms with Crippen LogP contribution in [-0.4, -0.2) is 71.0 Å². The van der Waals surface area contributed by atoms with Gasteiger partial charge in [-0.1, -0.05) is 31.9 Å². The van der Waals surface area contributed by atoms with Crippen molar-refractivity contribution in [3.05, 3.63) is 116 Å². The number of likely N-dealkylation sites (N-methyl/N-ethyl adjacent to an activating group) is 2. The minimum absolute atomic E-state index is 0.164. The van der Waals surface area contributed by atoms with Crippen LogP contribution in [0.3, 0.4) is 0 Å². The molecular formula is C38H47N9O. The van der Waals surface area contributed by atoms with Gasteiger partial charge in [-0.3, -0.25) is 4.99 Å². The summed E-state index contributed by atoms with van der Waals surface area (Å²) in [6, 6.07) is 14.1. The summed E-state index contributed by atoms with van der Waals surface area (Å²) in [6.07, 6.45) is 11.0. The first-order valence-electron chi connectivity index (χ1n) is 16.2. The van der Waals surface area contributed by atoms with Gasteiger partial charge in [-0.25, -0.2) is 0 Å². The number of anilines is 1. The number of hydrogen-bond donors (Lipinski definition) is 4. The van der Waals surface area contributed by atoms with Crippen LogP contribution in [0, 0.1) is 0 Å². The summed E-state index contributed by atoms with van der Waals surface area (Å²) in [7, 11) is 4.12. The molecule has 250 valence electrons. The van der Waals surface area contributed by atoms with E-state index in [4.69, 9.17) is 26.9 Å². The van der Waals surface area contributed by atoms with Crippen LogP contribution in [0.2, 0.25) is 0 Å². The molecule has 7 N–H and O–H groups in total. The highest BCUT2D eigenvalue weighted by Crippen LogP contribution is 2.41. The van der Waals surface area contributed by atoms with E-state index < -0.39 is 5.66 Å². The summed E-state index contributed by atoms with van der Waals surface area (Å²) in [5.74, 6) is 1.29. The third-order valence-electron chi connectivity index (χ3n) is 9.22. The van der Waals surface area contributed by atoms with Crippen LogP contribution in [0.1, 0.15) is 31.2 Å². The van der Waals surface area contributed by atoms with Gasteiger partial charge in [-0.15, -0.1) is 0 Å². The van der Waals surface area contributed by atoms with E-state index in [0.29, 0.717) is 31.8 Å². The van der Waals surface area contributed by atoms with E-state index in [9.17, 15) is 0 Å². The monoisotopic (exact) mass is 645 g/mol. The number of benzene rings is 2. The van der Waals surface area contributed by atoms with Crippen LogP contribution in [-0.2, 0) is 0 Å². The average Bonchev–Trinajstić information content (AvgIpc) is 3.69. The quantitative estimate of drug-likeness (QED) is 0.115. The Labute approximate surface area is 283 Å². The number of hydrogen-bond acceptors (Lipinski definition) is 9. The summed E-state index contributed by atoms with van der Waals surface area (Å²) >= 11 is 0. The highest BCUT2D eigenvalue weighted by molar-refractivity contribution is 5.87. The predicted octanol–water partition coefficient (Wildman–Crippen LogP) is 5.54. The van der Waals surface area contributed by atoms with Gasteiger partial charge in [0.1, 0.15) is 17.2 Å². The summed E-state index contributed by atoms with van der Waals surface area (Å²) in [5, 5.41) is 4.34. The topological polar surface area (TPSA) is 126 Å². The van der Waals surface area contributed by atoms with E-state index >= 15 is 0 Å². The number of rotatable bonds is 12. The molecule has 3 aromatic rings. The SMILES string of the molecule is C=C1CN2C(=C)c3ccc(OCCCC(=C)N/C(N)=C/N(C)CC4=CN(C)C(C(=C)n5ccc6cc(N)ccc65)C4)cc3N=CC2(N)C1. The molecule has 3 aliphatic rings. The van der Waals surface area contributed by atoms with Crippen LogP contribution in [0.4, 0.5) is 11.4 Å². The number of nitrogens with one attached hydrogen (secondary N) is 1. The van der Waals surface area contributed by atoms with E-state index in [1.165, 1.54) is 5.57 Å². The molecule has 0 spiro atoms. The first-order chi connectivity index (χ1) is 22.9. The fraction of sp³-hybridized carbons (Fsp3) is 0.289. The molecule has 10 nitrogen and oxygen atoms in total. The lowest BCUT2D eigenvalue weighted by atomic mass is 10.1. The van der Waals surface area contributed by atoms with Crippen LogP contribution >= 0.6 is 0 Å². The van der Waals surface area contributed by atoms with Crippen LogP contribution in [0.25, 0.3) is 22.3 Å². The van der Waals surface area contributed by atoms with Gasteiger partial charge in [0, 0.05) is 98.2 Å². The lowest BCUT2D eigenvalue weighted by Crippen LogP contribution is -2.51. The fourth-order valence-electron chi connectivity index (χ4n) is 6.89. The van der Waals surface area contributed by atoms with Gasteiger partial charge < -0.3 is 46.5 Å². The number of allylic oxidation sites excluding steroid dienone is 1. The minimum Gasteiger partial charge on any atom is -0.494 e. The second kappa shape index (κ2) is 13.0. The summed E-state index contributed by atoms with van der Waals surface area (Å²) in [4.78, 5) is 11.1. The number of nitrogens with zero attached hydrogens (tertiary/aromatic N) is 5. The van der Waals surface area contributed by atoms with E-state index in [0.717, 1.165) is 75.6 Å². The smallest absolute Gasteiger partial charge is 0.129 e. The molecule has 0 bridgehead atoms. The van der Waals surface area contributed by atoms with Crippen molar-refractivity contribution in [1.29, 1.82) is 0 Å². The number of aromatic nitrogens is 1. The molecule has 2 aromatic carbocycles. The number of ether oxygens (including phenoxy) is 1. The third kappa shape index (κ3) is 6.70. The van der Waals surface area contributed by atoms with Gasteiger partial charge in [-0.2, -0.15) is 0 Å². The van der Waals surface area contributed by atoms with Crippen LogP contribution < -0.4 is 27.3 Å². The van der Waals surface area contributed by atoms with E-state index in [2.05, 4.69) is 82.5 Å². The maximum atomic E-state index is 6.62. The standard InChI is InChI=1S/C38H47N9O/c1-25-19-38(41)24-42-34-18-32(10-11-33(34)27(3)47(38)20-25)48-15-7-8-26(2)43-37(40)23-44(5)21-29-16-36(45(6)22-29)28(4)46-14-13-30-17-31(39)9-12-35(30)46/h9-14,17-18,22-24,36,43H,1-4,7-8,15-16,19-21,39-41H2,5-6H3/b37-23+. The van der Waals surface area contributed by atoms with Crippen molar-refractivity contribution < 1.29 is 4.74 Å². The molecule has 3 aliphatic heterocycles. The summed E-state index contributed by atoms with van der Waals surface area (Å²) < 4.78 is 8.21. The average molecular weight is 646 g/mol. The zero-order valence-corrected chi connectivity index (χ0v) is 28.1. The van der Waals surface area contributed by atoms with E-state index in [1.54, 1.807) is 6.21 Å². The molecular weight excluding hydrogens is 598 g/mol. The van der Waals surface area contributed by atoms with Crippen LogP contribution in [0.5, 0.6) is 5.75 Å². The fourth-order valence-corrected chi connectivity index (χ4v) is 6.89. The summed E-state index contributed by atoms with van der Waals surface area (Å²) in [5.41, 5.74) is 26.9. The van der Waals surface area contributed by atoms with Gasteiger partial charge in [0.2, 0.25) is 0 Å². The highest BCUT2D eigenvalue weighted by atomic mass is 16.5. The second-order valence-corrected chi connectivity index (χ2v) is 13.2. The molecule has 2 atom stereocenters. The lowest BCUT2D eigenvalue weighted by Gasteiger charge is -2.33. The van der Waals surface area contributed by atoms with Crippen molar-refractivity contribution in [2.75, 3.05) is 39.5 Å². The van der Waals surface area contributed by atoms with E-state index in [-0.39, 0.29) is 6.04 Å². The molecule has 48 heavy (non-hydrogen) atoms. The third-order valence-corrected chi connectivity index (χ3v) is 9.22. The molecule has 0 aliphatic carbocycles. The maximum Gasteiger partial charge on any atom is 0.129 e. The Bertz CT molecular complexity index is 1880. The number of nitrogen functional groups attached to an aromatic ring is 1. The maximum absolute atomic E-state index is 6.62. The Morgan fingerprint density at radius 1 is 1.19 bits per heavy atom. The number of fused-ring (bicyclic) bond motifs is 3. The molecule has 6 rings (SSSR count). The van der Waals surface area contributed by atoms with Gasteiger partial charge in [-0.05, 0) is 61.2 Å². The molecule has 2 unspecified atom stereocenters. The Balaban J connectivity index is 0.945. The van der Waals surface area contributed by atoms with Gasteiger partial charge in [0.05, 0.1) is 23.9 Å². The van der Waals surface area contributed by atoms with Crippen molar-refractivity contribution in [1.82, 2.24) is 24.6 Å². The van der Waals surface area contributed by atoms with Crippen molar-refractivity contribution in [3.63, 3.8) is 0 Å². The van der Waals surface area contributed by atoms with Crippen molar-refractivity contribution >= 4 is 39.9 Å². The predicted molar refractivity (Wildman–Crippen MR) is 199 cm³/mol. The zero-order chi connectivity index (χ0) is 34.2. The molecule has 1 aromatic heterocycles. The molecule has 0 saturated carbocycles. The van der Waals surface area contributed by atoms with Gasteiger partial charge in [0.15, 0.2) is 0 Å². The molecule has 10 heteroatoms. The highest BCUT2D eigenvalue weighted by Gasteiger charge is 2.40. The zero-order valence-electron chi connectivity index (χ0n) is 28.1. The molecule has 0 radical (unpaired) electrons. The first-order valence-corrected chi connectivity index (χ1v) is 16.2. The number of aliphatic imine (C=N–C) groups is 1. The normalized spacial score (nSPS) is 20.4. The van der Waals surface area contributed by atoms with Crippen LogP contribution in [0.15, 0.2) is 115 Å². The van der Waals surface area contributed by atoms with Gasteiger partial charge >= 0.3 is 0 Å². The number of nitrogens with two attached hydrogens (primary N) is 3. The van der Waals surface area contributed by atoms with Crippen molar-refractivity contribution in [2.45, 2.75) is 37.4 Å². The Morgan fingerprint density at radius 3 is 2.81 bits per heavy atom. The van der Waals surface area contributed by atoms with E-state index in [1.807, 2.05) is 43.6 Å². The largest absolute Gasteiger partial charge is 0.494 e. The molecule has 1 saturated heterocycles. The van der Waals surface area contributed by atoms with Crippen molar-refractivity contribution in [2.24, 2.45) is 16.5 Å². The van der Waals surface area contributed by atoms with Gasteiger partial charge in [0.25, 0.3) is 0 Å². The molecule has 4 heterocycles. The Kier molecular flexibility index (Phi) is 8.85. The Hall–Kier alpha value is -5.35. The molecule has 1 fully saturated rings. The minimum atomic E-state index is -0.689. The Morgan fingerprint density at radius 2 is 2.00 bits per heavy atom. The first kappa shape index (κ1) is 32.6. The lowest BCUT2D eigenvalue weighted by molar-refractivity contribution is 0.310. The second-order valence-electron chi connectivity index (χ2n) is 13.2. The summed E-state index contributed by atoms with van der Waals surface area (Å²) in [6.45, 7) is 19.0. The van der Waals surface area contributed by atoms with Crippen molar-refractivity contribution in [3.8, 4) is 5.75 Å². The molecule has 0 amide bonds.